The Hall–Kier alpha value is -1.40. The average molecular weight is 240 g/mol. The number of ether oxygens (including phenoxy) is 2. The molecule has 16 heavy (non-hydrogen) atoms. The largest absolute Gasteiger partial charge is 0.497 e. The maximum Gasteiger partial charge on any atom is 0.184 e. The van der Waals surface area contributed by atoms with Crippen LogP contribution in [0.3, 0.4) is 0 Å². The first-order chi connectivity index (χ1) is 7.74. The SMILES string of the molecule is CCC(C#N)Oc1cc(OC)ccc1CCl. The summed E-state index contributed by atoms with van der Waals surface area (Å²) in [5, 5.41) is 8.84. The first kappa shape index (κ1) is 12.7. The second-order valence-electron chi connectivity index (χ2n) is 3.25. The first-order valence-corrected chi connectivity index (χ1v) is 5.57. The zero-order valence-electron chi connectivity index (χ0n) is 9.37. The highest BCUT2D eigenvalue weighted by atomic mass is 35.5. The molecule has 0 spiro atoms. The van der Waals surface area contributed by atoms with E-state index in [4.69, 9.17) is 26.3 Å². The lowest BCUT2D eigenvalue weighted by Gasteiger charge is -2.14. The van der Waals surface area contributed by atoms with Crippen LogP contribution in [0.5, 0.6) is 11.5 Å². The molecule has 1 rings (SSSR count). The highest BCUT2D eigenvalue weighted by Gasteiger charge is 2.10. The average Bonchev–Trinajstić information content (AvgIpc) is 2.35. The van der Waals surface area contributed by atoms with Crippen LogP contribution in [0.2, 0.25) is 0 Å². The molecule has 1 atom stereocenters. The molecule has 0 saturated carbocycles. The summed E-state index contributed by atoms with van der Waals surface area (Å²) in [6.07, 6.45) is 0.184. The molecule has 0 radical (unpaired) electrons. The Morgan fingerprint density at radius 2 is 2.25 bits per heavy atom. The lowest BCUT2D eigenvalue weighted by Crippen LogP contribution is -2.13. The van der Waals surface area contributed by atoms with E-state index in [0.717, 1.165) is 5.56 Å². The van der Waals surface area contributed by atoms with Crippen LogP contribution in [0, 0.1) is 11.3 Å². The van der Waals surface area contributed by atoms with E-state index in [-0.39, 0.29) is 0 Å². The van der Waals surface area contributed by atoms with Gasteiger partial charge in [0.25, 0.3) is 0 Å². The van der Waals surface area contributed by atoms with Crippen molar-refractivity contribution < 1.29 is 9.47 Å². The number of hydrogen-bond acceptors (Lipinski definition) is 3. The van der Waals surface area contributed by atoms with Gasteiger partial charge in [-0.25, -0.2) is 0 Å². The van der Waals surface area contributed by atoms with Gasteiger partial charge in [0, 0.05) is 11.6 Å². The van der Waals surface area contributed by atoms with Gasteiger partial charge in [-0.05, 0) is 12.5 Å². The van der Waals surface area contributed by atoms with Gasteiger partial charge in [-0.15, -0.1) is 11.6 Å². The molecular weight excluding hydrogens is 226 g/mol. The number of benzene rings is 1. The van der Waals surface area contributed by atoms with Crippen LogP contribution in [0.15, 0.2) is 18.2 Å². The number of methoxy groups -OCH3 is 1. The highest BCUT2D eigenvalue weighted by Crippen LogP contribution is 2.27. The molecule has 0 amide bonds. The van der Waals surface area contributed by atoms with E-state index in [1.54, 1.807) is 13.2 Å². The van der Waals surface area contributed by atoms with Gasteiger partial charge < -0.3 is 9.47 Å². The number of rotatable bonds is 5. The summed E-state index contributed by atoms with van der Waals surface area (Å²) in [5.74, 6) is 1.65. The number of nitriles is 1. The van der Waals surface area contributed by atoms with Crippen molar-refractivity contribution in [3.63, 3.8) is 0 Å². The Kier molecular flexibility index (Phi) is 4.94. The van der Waals surface area contributed by atoms with Crippen molar-refractivity contribution in [2.24, 2.45) is 0 Å². The summed E-state index contributed by atoms with van der Waals surface area (Å²) >= 11 is 5.79. The van der Waals surface area contributed by atoms with Crippen molar-refractivity contribution in [1.82, 2.24) is 0 Å². The van der Waals surface area contributed by atoms with Gasteiger partial charge in [-0.2, -0.15) is 5.26 Å². The van der Waals surface area contributed by atoms with Gasteiger partial charge in [-0.3, -0.25) is 0 Å². The summed E-state index contributed by atoms with van der Waals surface area (Å²) in [6.45, 7) is 1.90. The molecule has 0 aliphatic rings. The molecule has 0 aromatic heterocycles. The van der Waals surface area contributed by atoms with Crippen molar-refractivity contribution in [1.29, 1.82) is 5.26 Å². The maximum atomic E-state index is 8.84. The molecule has 0 fully saturated rings. The number of hydrogen-bond donors (Lipinski definition) is 0. The first-order valence-electron chi connectivity index (χ1n) is 5.04. The summed E-state index contributed by atoms with van der Waals surface area (Å²) < 4.78 is 10.6. The van der Waals surface area contributed by atoms with E-state index in [2.05, 4.69) is 6.07 Å². The van der Waals surface area contributed by atoms with Gasteiger partial charge in [-0.1, -0.05) is 13.0 Å². The summed E-state index contributed by atoms with van der Waals surface area (Å²) in [6, 6.07) is 7.49. The van der Waals surface area contributed by atoms with Crippen LogP contribution in [-0.2, 0) is 5.88 Å². The third kappa shape index (κ3) is 3.04. The van der Waals surface area contributed by atoms with Crippen LogP contribution in [0.1, 0.15) is 18.9 Å². The number of alkyl halides is 1. The fraction of sp³-hybridized carbons (Fsp3) is 0.417. The van der Waals surface area contributed by atoms with Gasteiger partial charge >= 0.3 is 0 Å². The molecule has 3 nitrogen and oxygen atoms in total. The summed E-state index contributed by atoms with van der Waals surface area (Å²) in [7, 11) is 1.58. The maximum absolute atomic E-state index is 8.84. The molecule has 1 aromatic carbocycles. The standard InChI is InChI=1S/C12H14ClNO2/c1-3-10(8-14)16-12-6-11(15-2)5-4-9(12)7-13/h4-6,10H,3,7H2,1-2H3. The molecule has 0 aliphatic carbocycles. The van der Waals surface area contributed by atoms with Crippen molar-refractivity contribution in [2.75, 3.05) is 7.11 Å². The van der Waals surface area contributed by atoms with Crippen molar-refractivity contribution in [3.05, 3.63) is 23.8 Å². The van der Waals surface area contributed by atoms with E-state index in [1.165, 1.54) is 0 Å². The predicted molar refractivity (Wildman–Crippen MR) is 62.9 cm³/mol. The van der Waals surface area contributed by atoms with Crippen LogP contribution >= 0.6 is 11.6 Å². The molecule has 86 valence electrons. The van der Waals surface area contributed by atoms with Crippen LogP contribution < -0.4 is 9.47 Å². The van der Waals surface area contributed by atoms with Gasteiger partial charge in [0.1, 0.15) is 17.6 Å². The molecule has 1 aromatic rings. The summed E-state index contributed by atoms with van der Waals surface area (Å²) in [5.41, 5.74) is 0.858. The Balaban J connectivity index is 2.95. The van der Waals surface area contributed by atoms with Crippen molar-refractivity contribution in [3.8, 4) is 17.6 Å². The van der Waals surface area contributed by atoms with E-state index < -0.39 is 6.10 Å². The Morgan fingerprint density at radius 3 is 2.75 bits per heavy atom. The van der Waals surface area contributed by atoms with Crippen molar-refractivity contribution in [2.45, 2.75) is 25.3 Å². The van der Waals surface area contributed by atoms with E-state index in [9.17, 15) is 0 Å². The lowest BCUT2D eigenvalue weighted by molar-refractivity contribution is 0.248. The second kappa shape index (κ2) is 6.24. The Morgan fingerprint density at radius 1 is 1.50 bits per heavy atom. The molecule has 4 heteroatoms. The minimum atomic E-state index is -0.450. The number of halogens is 1. The van der Waals surface area contributed by atoms with Crippen LogP contribution in [0.4, 0.5) is 0 Å². The number of nitrogens with zero attached hydrogens (tertiary/aromatic N) is 1. The second-order valence-corrected chi connectivity index (χ2v) is 3.52. The molecule has 1 unspecified atom stereocenters. The van der Waals surface area contributed by atoms with Crippen LogP contribution in [0.25, 0.3) is 0 Å². The molecule has 0 saturated heterocycles. The highest BCUT2D eigenvalue weighted by molar-refractivity contribution is 6.17. The molecular formula is C12H14ClNO2. The summed E-state index contributed by atoms with van der Waals surface area (Å²) in [4.78, 5) is 0. The smallest absolute Gasteiger partial charge is 0.184 e. The minimum Gasteiger partial charge on any atom is -0.497 e. The van der Waals surface area contributed by atoms with Gasteiger partial charge in [0.2, 0.25) is 0 Å². The predicted octanol–water partition coefficient (Wildman–Crippen LogP) is 3.11. The van der Waals surface area contributed by atoms with E-state index >= 15 is 0 Å². The Labute approximate surface area is 101 Å². The van der Waals surface area contributed by atoms with E-state index in [1.807, 2.05) is 19.1 Å². The fourth-order valence-corrected chi connectivity index (χ4v) is 1.46. The Bertz CT molecular complexity index is 387. The third-order valence-electron chi connectivity index (χ3n) is 2.20. The zero-order valence-corrected chi connectivity index (χ0v) is 10.1. The molecule has 0 N–H and O–H groups in total. The quantitative estimate of drug-likeness (QED) is 0.742. The molecule has 0 bridgehead atoms. The van der Waals surface area contributed by atoms with Crippen molar-refractivity contribution >= 4 is 11.6 Å². The normalized spacial score (nSPS) is 11.6. The van der Waals surface area contributed by atoms with Gasteiger partial charge in [0.05, 0.1) is 13.0 Å². The van der Waals surface area contributed by atoms with Crippen LogP contribution in [-0.4, -0.2) is 13.2 Å². The van der Waals surface area contributed by atoms with Gasteiger partial charge in [0.15, 0.2) is 6.10 Å². The topological polar surface area (TPSA) is 42.2 Å². The fourth-order valence-electron chi connectivity index (χ4n) is 1.24. The molecule has 0 aliphatic heterocycles. The molecule has 0 heterocycles. The lowest BCUT2D eigenvalue weighted by atomic mass is 10.2. The minimum absolute atomic E-state index is 0.348. The third-order valence-corrected chi connectivity index (χ3v) is 2.49. The zero-order chi connectivity index (χ0) is 12.0. The monoisotopic (exact) mass is 239 g/mol. The van der Waals surface area contributed by atoms with E-state index in [0.29, 0.717) is 23.8 Å².